The van der Waals surface area contributed by atoms with Crippen molar-refractivity contribution >= 4 is 0 Å². The quantitative estimate of drug-likeness (QED) is 0.146. The van der Waals surface area contributed by atoms with Crippen LogP contribution in [0.1, 0.15) is 0 Å². The molecule has 0 aromatic rings. The predicted molar refractivity (Wildman–Crippen MR) is 101 cm³/mol. The van der Waals surface area contributed by atoms with Crippen molar-refractivity contribution in [2.24, 2.45) is 0 Å². The molecule has 0 saturated carbocycles. The third-order valence-electron chi connectivity index (χ3n) is 6.16. The fourth-order valence-corrected chi connectivity index (χ4v) is 4.01. The van der Waals surface area contributed by atoms with Gasteiger partial charge in [-0.25, -0.2) is 0 Å². The van der Waals surface area contributed by atoms with E-state index in [1.807, 2.05) is 0 Å². The van der Waals surface area contributed by atoms with E-state index in [4.69, 9.17) is 23.7 Å². The minimum Gasteiger partial charge on any atom is -0.394 e. The van der Waals surface area contributed by atoms with Crippen LogP contribution in [0.25, 0.3) is 0 Å². The van der Waals surface area contributed by atoms with Crippen LogP contribution in [-0.4, -0.2) is 168 Å². The normalized spacial score (nSPS) is 52.1. The Kier molecular flexibility index (Phi) is 9.18. The van der Waals surface area contributed by atoms with E-state index >= 15 is 0 Å². The first-order chi connectivity index (χ1) is 16.0. The number of aliphatic hydroxyl groups excluding tert-OH is 11. The molecule has 3 aliphatic heterocycles. The van der Waals surface area contributed by atoms with Crippen molar-refractivity contribution in [2.75, 3.05) is 26.4 Å². The van der Waals surface area contributed by atoms with Crippen LogP contribution in [0.15, 0.2) is 0 Å². The van der Waals surface area contributed by atoms with Crippen molar-refractivity contribution in [1.29, 1.82) is 0 Å². The molecule has 3 fully saturated rings. The third kappa shape index (κ3) is 5.09. The smallest absolute Gasteiger partial charge is 0.224 e. The van der Waals surface area contributed by atoms with Gasteiger partial charge >= 0.3 is 0 Å². The number of rotatable bonds is 8. The van der Waals surface area contributed by atoms with Gasteiger partial charge < -0.3 is 79.9 Å². The average molecular weight is 504 g/mol. The van der Waals surface area contributed by atoms with Gasteiger partial charge in [0, 0.05) is 0 Å². The summed E-state index contributed by atoms with van der Waals surface area (Å²) in [4.78, 5) is 0. The van der Waals surface area contributed by atoms with Crippen molar-refractivity contribution in [3.8, 4) is 0 Å². The summed E-state index contributed by atoms with van der Waals surface area (Å²) in [6.45, 7) is -3.14. The van der Waals surface area contributed by atoms with E-state index in [2.05, 4.69) is 0 Å². The van der Waals surface area contributed by atoms with E-state index in [0.717, 1.165) is 0 Å². The SMILES string of the molecule is OC[C@@H]1O[C@](CO)(O[C@@H]2O[C@H](CO[C@@H]3O[C@H](CO)[C@@H](O)[C@H](O)[C@@H]3O)[C@H](O)[C@H](O)[C@@H]2O)[C@H](O)[C@@H]1O. The van der Waals surface area contributed by atoms with Crippen molar-refractivity contribution in [2.45, 2.75) is 85.5 Å². The topological polar surface area (TPSA) is 269 Å². The zero-order valence-corrected chi connectivity index (χ0v) is 17.8. The van der Waals surface area contributed by atoms with Gasteiger partial charge in [-0.3, -0.25) is 0 Å². The highest BCUT2D eigenvalue weighted by atomic mass is 16.8. The average Bonchev–Trinajstić information content (AvgIpc) is 3.08. The highest BCUT2D eigenvalue weighted by molar-refractivity contribution is 4.98. The number of hydrogen-bond donors (Lipinski definition) is 11. The van der Waals surface area contributed by atoms with E-state index in [1.54, 1.807) is 0 Å². The molecule has 0 amide bonds. The third-order valence-corrected chi connectivity index (χ3v) is 6.16. The molecule has 200 valence electrons. The van der Waals surface area contributed by atoms with E-state index in [-0.39, 0.29) is 0 Å². The van der Waals surface area contributed by atoms with Crippen molar-refractivity contribution in [3.05, 3.63) is 0 Å². The summed E-state index contributed by atoms with van der Waals surface area (Å²) in [5.74, 6) is -2.36. The lowest BCUT2D eigenvalue weighted by Crippen LogP contribution is -2.63. The Balaban J connectivity index is 1.69. The Labute approximate surface area is 192 Å². The highest BCUT2D eigenvalue weighted by Gasteiger charge is 2.58. The maximum atomic E-state index is 10.3. The zero-order chi connectivity index (χ0) is 25.4. The molecule has 16 nitrogen and oxygen atoms in total. The molecular weight excluding hydrogens is 472 g/mol. The lowest BCUT2D eigenvalue weighted by molar-refractivity contribution is -0.388. The Morgan fingerprint density at radius 1 is 0.588 bits per heavy atom. The second kappa shape index (κ2) is 11.2. The van der Waals surface area contributed by atoms with Gasteiger partial charge in [0.25, 0.3) is 0 Å². The summed E-state index contributed by atoms with van der Waals surface area (Å²) < 4.78 is 26.4. The molecule has 0 bridgehead atoms. The first-order valence-electron chi connectivity index (χ1n) is 10.6. The molecule has 3 rings (SSSR count). The van der Waals surface area contributed by atoms with Crippen LogP contribution >= 0.6 is 0 Å². The van der Waals surface area contributed by atoms with E-state index in [0.29, 0.717) is 0 Å². The molecule has 3 heterocycles. The molecular formula is C18H32O16. The Hall–Kier alpha value is -0.640. The minimum absolute atomic E-state index is 0.634. The van der Waals surface area contributed by atoms with Crippen LogP contribution in [0, 0.1) is 0 Å². The fourth-order valence-electron chi connectivity index (χ4n) is 4.01. The van der Waals surface area contributed by atoms with Crippen molar-refractivity contribution in [1.82, 2.24) is 0 Å². The fraction of sp³-hybridized carbons (Fsp3) is 1.00. The molecule has 11 N–H and O–H groups in total. The van der Waals surface area contributed by atoms with Crippen LogP contribution in [-0.2, 0) is 23.7 Å². The van der Waals surface area contributed by atoms with Gasteiger partial charge in [-0.2, -0.15) is 0 Å². The molecule has 3 saturated heterocycles. The molecule has 34 heavy (non-hydrogen) atoms. The minimum atomic E-state index is -2.36. The molecule has 0 spiro atoms. The first-order valence-corrected chi connectivity index (χ1v) is 10.6. The van der Waals surface area contributed by atoms with Crippen molar-refractivity contribution in [3.63, 3.8) is 0 Å². The van der Waals surface area contributed by atoms with E-state index in [1.165, 1.54) is 0 Å². The van der Waals surface area contributed by atoms with Gasteiger partial charge in [0.2, 0.25) is 5.79 Å². The molecule has 0 radical (unpaired) electrons. The number of hydrogen-bond acceptors (Lipinski definition) is 16. The second-order valence-corrected chi connectivity index (χ2v) is 8.41. The monoisotopic (exact) mass is 504 g/mol. The largest absolute Gasteiger partial charge is 0.394 e. The van der Waals surface area contributed by atoms with Crippen LogP contribution in [0.5, 0.6) is 0 Å². The van der Waals surface area contributed by atoms with Crippen molar-refractivity contribution < 1.29 is 79.9 Å². The number of ether oxygens (including phenoxy) is 5. The molecule has 0 unspecified atom stereocenters. The summed E-state index contributed by atoms with van der Waals surface area (Å²) in [5.41, 5.74) is 0. The summed E-state index contributed by atoms with van der Waals surface area (Å²) in [6, 6.07) is 0. The van der Waals surface area contributed by atoms with Crippen LogP contribution in [0.4, 0.5) is 0 Å². The van der Waals surface area contributed by atoms with E-state index in [9.17, 15) is 56.2 Å². The Morgan fingerprint density at radius 2 is 1.12 bits per heavy atom. The summed E-state index contributed by atoms with van der Waals surface area (Å²) in [7, 11) is 0. The molecule has 0 aromatic carbocycles. The molecule has 14 atom stereocenters. The van der Waals surface area contributed by atoms with Gasteiger partial charge in [-0.1, -0.05) is 0 Å². The van der Waals surface area contributed by atoms with Crippen LogP contribution in [0.3, 0.4) is 0 Å². The second-order valence-electron chi connectivity index (χ2n) is 8.41. The summed E-state index contributed by atoms with van der Waals surface area (Å²) in [6.07, 6.45) is -21.8. The van der Waals surface area contributed by atoms with Gasteiger partial charge in [-0.15, -0.1) is 0 Å². The van der Waals surface area contributed by atoms with Gasteiger partial charge in [0.05, 0.1) is 19.8 Å². The van der Waals surface area contributed by atoms with Crippen LogP contribution in [0.2, 0.25) is 0 Å². The maximum absolute atomic E-state index is 10.3. The maximum Gasteiger partial charge on any atom is 0.224 e. The molecule has 0 aromatic heterocycles. The van der Waals surface area contributed by atoms with Gasteiger partial charge in [-0.05, 0) is 0 Å². The lowest BCUT2D eigenvalue weighted by atomic mass is 9.98. The molecule has 16 heteroatoms. The first kappa shape index (κ1) is 27.9. The lowest BCUT2D eigenvalue weighted by Gasteiger charge is -2.44. The van der Waals surface area contributed by atoms with Gasteiger partial charge in [0.1, 0.15) is 73.8 Å². The molecule has 3 aliphatic rings. The van der Waals surface area contributed by atoms with Gasteiger partial charge in [0.15, 0.2) is 12.6 Å². The summed E-state index contributed by atoms with van der Waals surface area (Å²) in [5, 5.41) is 109. The zero-order valence-electron chi connectivity index (χ0n) is 17.8. The molecule has 0 aliphatic carbocycles. The summed E-state index contributed by atoms with van der Waals surface area (Å²) >= 11 is 0. The van der Waals surface area contributed by atoms with Crippen LogP contribution < -0.4 is 0 Å². The predicted octanol–water partition coefficient (Wildman–Crippen LogP) is -7.57. The standard InChI is InChI=1S/C18H32O16/c19-1-5-8(22)11(25)13(27)16(31-5)30-3-7-9(23)12(26)14(28)17(32-7)34-18(4-21)15(29)10(24)6(2-20)33-18/h5-17,19-29H,1-4H2/t5-,6+,7-,8-,9+,10-,11+,12+,13+,14+,15-,16-,17+,18-/m1/s1. The Morgan fingerprint density at radius 3 is 1.65 bits per heavy atom. The Bertz CT molecular complexity index is 653. The highest BCUT2D eigenvalue weighted by Crippen LogP contribution is 2.36. The van der Waals surface area contributed by atoms with E-state index < -0.39 is 112 Å². The number of aliphatic hydroxyl groups is 11.